The van der Waals surface area contributed by atoms with E-state index >= 15 is 0 Å². The van der Waals surface area contributed by atoms with Crippen LogP contribution in [0, 0.1) is 5.92 Å². The molecule has 34 heavy (non-hydrogen) atoms. The van der Waals surface area contributed by atoms with Crippen molar-refractivity contribution in [1.82, 2.24) is 14.5 Å². The fraction of sp³-hybridized carbons (Fsp3) is 0.286. The van der Waals surface area contributed by atoms with Crippen LogP contribution < -0.4 is 11.1 Å². The second-order valence-corrected chi connectivity index (χ2v) is 9.02. The lowest BCUT2D eigenvalue weighted by Crippen LogP contribution is -2.20. The van der Waals surface area contributed by atoms with Crippen LogP contribution in [0.15, 0.2) is 60.9 Å². The number of aromatic nitrogens is 2. The number of nitrogens with zero attached hydrogens (tertiary/aromatic N) is 2. The number of fused-ring (bicyclic) bond motifs is 10. The second kappa shape index (κ2) is 9.31. The maximum Gasteiger partial charge on any atom is 0.252 e. The number of hydrogen-bond donors (Lipinski definition) is 2. The zero-order chi connectivity index (χ0) is 23.7. The normalized spacial score (nSPS) is 19.2. The van der Waals surface area contributed by atoms with Gasteiger partial charge < -0.3 is 20.2 Å². The van der Waals surface area contributed by atoms with E-state index < -0.39 is 0 Å². The van der Waals surface area contributed by atoms with Crippen molar-refractivity contribution in [3.8, 4) is 0 Å². The van der Waals surface area contributed by atoms with E-state index in [0.717, 1.165) is 71.6 Å². The molecule has 6 nitrogen and oxygen atoms in total. The molecule has 0 saturated carbocycles. The molecule has 1 unspecified atom stereocenters. The van der Waals surface area contributed by atoms with Gasteiger partial charge in [-0.15, -0.1) is 0 Å². The number of amides is 1. The summed E-state index contributed by atoms with van der Waals surface area (Å²) in [7, 11) is 1.61. The molecule has 5 rings (SSSR count). The van der Waals surface area contributed by atoms with Crippen LogP contribution in [0.5, 0.6) is 0 Å². The van der Waals surface area contributed by atoms with E-state index in [1.165, 1.54) is 0 Å². The van der Waals surface area contributed by atoms with Crippen molar-refractivity contribution in [1.29, 1.82) is 0 Å². The topological polar surface area (TPSA) is 82.1 Å². The number of likely N-dealkylation sites (N-methyl/N-ethyl adjacent to an activating group) is 1. The number of aldehydes is 1. The van der Waals surface area contributed by atoms with E-state index in [4.69, 9.17) is 5.73 Å². The first-order valence-corrected chi connectivity index (χ1v) is 11.9. The summed E-state index contributed by atoms with van der Waals surface area (Å²) in [5.74, 6) is 0.161. The lowest BCUT2D eigenvalue weighted by Gasteiger charge is -2.16. The summed E-state index contributed by atoms with van der Waals surface area (Å²) in [4.78, 5) is 26.0. The van der Waals surface area contributed by atoms with Crippen molar-refractivity contribution in [3.05, 3.63) is 72.1 Å². The molecule has 0 aliphatic carbocycles. The molecule has 3 N–H and O–H groups in total. The number of nitrogens with one attached hydrogen (secondary N) is 1. The van der Waals surface area contributed by atoms with Gasteiger partial charge in [0.05, 0.1) is 5.57 Å². The molecule has 1 aliphatic heterocycles. The predicted molar refractivity (Wildman–Crippen MR) is 137 cm³/mol. The largest absolute Gasteiger partial charge is 0.355 e. The Morgan fingerprint density at radius 3 is 2.24 bits per heavy atom. The molecular formula is C28H30N4O2. The lowest BCUT2D eigenvalue weighted by molar-refractivity contribution is -0.115. The van der Waals surface area contributed by atoms with Gasteiger partial charge in [-0.05, 0) is 43.9 Å². The number of carbonyl (C=O) groups excluding carboxylic acids is 2. The number of para-hydroxylation sites is 2. The van der Waals surface area contributed by atoms with Crippen LogP contribution in [-0.4, -0.2) is 34.9 Å². The Kier molecular flexibility index (Phi) is 6.07. The predicted octanol–water partition coefficient (Wildman–Crippen LogP) is 4.21. The molecule has 0 radical (unpaired) electrons. The zero-order valence-corrected chi connectivity index (χ0v) is 19.5. The number of carbonyl (C=O) groups is 2. The summed E-state index contributed by atoms with van der Waals surface area (Å²) in [6.07, 6.45) is 7.89. The molecule has 2 aromatic carbocycles. The van der Waals surface area contributed by atoms with Crippen molar-refractivity contribution >= 4 is 45.1 Å². The maximum atomic E-state index is 13.3. The summed E-state index contributed by atoms with van der Waals surface area (Å²) < 4.78 is 4.41. The monoisotopic (exact) mass is 454 g/mol. The number of benzene rings is 2. The number of hydrogen-bond acceptors (Lipinski definition) is 3. The maximum absolute atomic E-state index is 13.3. The Morgan fingerprint density at radius 1 is 0.971 bits per heavy atom. The molecular weight excluding hydrogens is 424 g/mol. The van der Waals surface area contributed by atoms with Gasteiger partial charge >= 0.3 is 0 Å². The number of allylic oxidation sites excluding steroid dienone is 1. The van der Waals surface area contributed by atoms with Crippen molar-refractivity contribution in [3.63, 3.8) is 0 Å². The second-order valence-electron chi connectivity index (χ2n) is 9.02. The molecule has 4 bridgehead atoms. The Bertz CT molecular complexity index is 1410. The number of nitrogens with two attached hydrogens (primary N) is 1. The first-order valence-electron chi connectivity index (χ1n) is 11.9. The van der Waals surface area contributed by atoms with Gasteiger partial charge in [-0.1, -0.05) is 36.4 Å². The minimum absolute atomic E-state index is 0.267. The van der Waals surface area contributed by atoms with Gasteiger partial charge in [-0.25, -0.2) is 0 Å². The highest BCUT2D eigenvalue weighted by Crippen LogP contribution is 2.36. The van der Waals surface area contributed by atoms with Crippen LogP contribution in [0.25, 0.3) is 33.0 Å². The van der Waals surface area contributed by atoms with Crippen LogP contribution in [0.3, 0.4) is 0 Å². The van der Waals surface area contributed by atoms with Gasteiger partial charge in [0.1, 0.15) is 0 Å². The average molecular weight is 455 g/mol. The third-order valence-corrected chi connectivity index (χ3v) is 7.10. The highest BCUT2D eigenvalue weighted by molar-refractivity contribution is 6.38. The van der Waals surface area contributed by atoms with Gasteiger partial charge in [-0.2, -0.15) is 0 Å². The van der Waals surface area contributed by atoms with E-state index in [-0.39, 0.29) is 5.91 Å². The molecule has 1 amide bonds. The SMILES string of the molecule is CNC(=O)/C1=C(\C=O)c2cn(c3ccccc23)CCC(CN)CCCn2cc1c1ccccc12. The first-order chi connectivity index (χ1) is 16.7. The van der Waals surface area contributed by atoms with Crippen LogP contribution >= 0.6 is 0 Å². The first kappa shape index (κ1) is 22.2. The van der Waals surface area contributed by atoms with Crippen molar-refractivity contribution < 1.29 is 9.59 Å². The molecule has 4 aromatic rings. The van der Waals surface area contributed by atoms with Gasteiger partial charge in [-0.3, -0.25) is 9.59 Å². The van der Waals surface area contributed by atoms with Crippen LogP contribution in [0.1, 0.15) is 30.4 Å². The van der Waals surface area contributed by atoms with Crippen LogP contribution in [-0.2, 0) is 22.7 Å². The molecule has 0 fully saturated rings. The van der Waals surface area contributed by atoms with Crippen molar-refractivity contribution in [2.45, 2.75) is 32.4 Å². The fourth-order valence-corrected chi connectivity index (χ4v) is 5.30. The summed E-state index contributed by atoms with van der Waals surface area (Å²) >= 11 is 0. The van der Waals surface area contributed by atoms with E-state index in [1.807, 2.05) is 48.8 Å². The van der Waals surface area contributed by atoms with E-state index in [0.29, 0.717) is 23.6 Å². The van der Waals surface area contributed by atoms with Gasteiger partial charge in [0.2, 0.25) is 0 Å². The van der Waals surface area contributed by atoms with E-state index in [1.54, 1.807) is 7.05 Å². The Hall–Kier alpha value is -3.64. The summed E-state index contributed by atoms with van der Waals surface area (Å²) in [5, 5.41) is 4.71. The van der Waals surface area contributed by atoms with Crippen molar-refractivity contribution in [2.75, 3.05) is 13.6 Å². The molecule has 174 valence electrons. The zero-order valence-electron chi connectivity index (χ0n) is 19.5. The smallest absolute Gasteiger partial charge is 0.252 e. The van der Waals surface area contributed by atoms with Gasteiger partial charge in [0.15, 0.2) is 6.29 Å². The molecule has 1 aliphatic rings. The third-order valence-electron chi connectivity index (χ3n) is 7.10. The third kappa shape index (κ3) is 3.74. The highest BCUT2D eigenvalue weighted by Gasteiger charge is 2.25. The quantitative estimate of drug-likeness (QED) is 0.455. The average Bonchev–Trinajstić information content (AvgIpc) is 3.42. The minimum Gasteiger partial charge on any atom is -0.355 e. The Labute approximate surface area is 199 Å². The molecule has 3 heterocycles. The van der Waals surface area contributed by atoms with Gasteiger partial charge in [0, 0.05) is 71.0 Å². The Balaban J connectivity index is 1.86. The minimum atomic E-state index is -0.267. The molecule has 0 saturated heterocycles. The Morgan fingerprint density at radius 2 is 1.59 bits per heavy atom. The van der Waals surface area contributed by atoms with Crippen LogP contribution in [0.4, 0.5) is 0 Å². The summed E-state index contributed by atoms with van der Waals surface area (Å²) in [6, 6.07) is 16.2. The molecule has 2 aromatic heterocycles. The standard InChI is InChI=1S/C28H30N4O2/c1-30-28(34)27-23-17-31(26-11-5-3-9-21(23)26)13-6-7-19(15-29)12-14-32-16-22(24(27)18-33)20-8-2-4-10-25(20)32/h2-5,8-11,16-19H,6-7,12-15,29H2,1H3,(H,30,34)/b27-24+. The summed E-state index contributed by atoms with van der Waals surface area (Å²) in [5.41, 5.74) is 10.6. The highest BCUT2D eigenvalue weighted by atomic mass is 16.1. The molecule has 0 spiro atoms. The van der Waals surface area contributed by atoms with Gasteiger partial charge in [0.25, 0.3) is 5.91 Å². The van der Waals surface area contributed by atoms with E-state index in [2.05, 4.69) is 26.6 Å². The lowest BCUT2D eigenvalue weighted by atomic mass is 9.94. The van der Waals surface area contributed by atoms with E-state index in [9.17, 15) is 9.59 Å². The molecule has 1 atom stereocenters. The summed E-state index contributed by atoms with van der Waals surface area (Å²) in [6.45, 7) is 2.31. The number of rotatable bonds is 3. The molecule has 6 heteroatoms. The van der Waals surface area contributed by atoms with Crippen molar-refractivity contribution in [2.24, 2.45) is 11.7 Å². The van der Waals surface area contributed by atoms with Crippen LogP contribution in [0.2, 0.25) is 0 Å². The number of aryl methyl sites for hydroxylation is 2. The fourth-order valence-electron chi connectivity index (χ4n) is 5.30.